The fourth-order valence-electron chi connectivity index (χ4n) is 4.54. The SMILES string of the molecule is O=S(=O)(c1ccccc1)N1CCN(C2CCc3nn(-c4ccccn4)c(O)c3C2)CC1. The third-order valence-corrected chi connectivity index (χ3v) is 8.14. The van der Waals surface area contributed by atoms with E-state index in [2.05, 4.69) is 15.0 Å². The van der Waals surface area contributed by atoms with E-state index in [4.69, 9.17) is 0 Å². The van der Waals surface area contributed by atoms with Gasteiger partial charge in [-0.1, -0.05) is 24.3 Å². The number of hydrogen-bond donors (Lipinski definition) is 1. The van der Waals surface area contributed by atoms with Crippen molar-refractivity contribution in [3.8, 4) is 11.7 Å². The number of rotatable bonds is 4. The lowest BCUT2D eigenvalue weighted by atomic mass is 9.91. The number of aromatic hydroxyl groups is 1. The van der Waals surface area contributed by atoms with Gasteiger partial charge in [0.1, 0.15) is 0 Å². The van der Waals surface area contributed by atoms with Gasteiger partial charge in [-0.15, -0.1) is 0 Å². The van der Waals surface area contributed by atoms with Gasteiger partial charge in [0.2, 0.25) is 15.9 Å². The van der Waals surface area contributed by atoms with Crippen LogP contribution in [0.2, 0.25) is 0 Å². The van der Waals surface area contributed by atoms with E-state index in [9.17, 15) is 13.5 Å². The quantitative estimate of drug-likeness (QED) is 0.667. The molecule has 2 aromatic heterocycles. The van der Waals surface area contributed by atoms with Crippen molar-refractivity contribution in [2.24, 2.45) is 0 Å². The fourth-order valence-corrected chi connectivity index (χ4v) is 5.98. The van der Waals surface area contributed by atoms with Crippen molar-refractivity contribution in [1.82, 2.24) is 24.0 Å². The second-order valence-electron chi connectivity index (χ2n) is 8.00. The molecule has 1 aromatic carbocycles. The minimum atomic E-state index is -3.45. The lowest BCUT2D eigenvalue weighted by molar-refractivity contribution is 0.126. The number of sulfonamides is 1. The maximum absolute atomic E-state index is 12.9. The molecular weight excluding hydrogens is 414 g/mol. The molecule has 31 heavy (non-hydrogen) atoms. The Balaban J connectivity index is 1.28. The highest BCUT2D eigenvalue weighted by molar-refractivity contribution is 7.89. The van der Waals surface area contributed by atoms with Crippen LogP contribution >= 0.6 is 0 Å². The van der Waals surface area contributed by atoms with E-state index in [0.29, 0.717) is 43.3 Å². The summed E-state index contributed by atoms with van der Waals surface area (Å²) in [5, 5.41) is 15.3. The summed E-state index contributed by atoms with van der Waals surface area (Å²) in [5.41, 5.74) is 1.80. The molecule has 1 aliphatic heterocycles. The summed E-state index contributed by atoms with van der Waals surface area (Å²) in [5.74, 6) is 0.759. The molecule has 1 saturated heterocycles. The predicted molar refractivity (Wildman–Crippen MR) is 116 cm³/mol. The molecule has 3 heterocycles. The van der Waals surface area contributed by atoms with Crippen molar-refractivity contribution < 1.29 is 13.5 Å². The Morgan fingerprint density at radius 2 is 1.71 bits per heavy atom. The predicted octanol–water partition coefficient (Wildman–Crippen LogP) is 1.84. The zero-order valence-electron chi connectivity index (χ0n) is 17.1. The molecule has 1 unspecified atom stereocenters. The van der Waals surface area contributed by atoms with Gasteiger partial charge >= 0.3 is 0 Å². The van der Waals surface area contributed by atoms with E-state index in [1.165, 1.54) is 4.68 Å². The largest absolute Gasteiger partial charge is 0.493 e. The maximum atomic E-state index is 12.9. The highest BCUT2D eigenvalue weighted by Crippen LogP contribution is 2.32. The average molecular weight is 440 g/mol. The minimum absolute atomic E-state index is 0.156. The van der Waals surface area contributed by atoms with Gasteiger partial charge in [0.05, 0.1) is 10.6 Å². The normalized spacial score (nSPS) is 20.5. The van der Waals surface area contributed by atoms with Crippen LogP contribution in [0.1, 0.15) is 17.7 Å². The van der Waals surface area contributed by atoms with E-state index < -0.39 is 10.0 Å². The van der Waals surface area contributed by atoms with E-state index >= 15 is 0 Å². The average Bonchev–Trinajstić information content (AvgIpc) is 3.16. The van der Waals surface area contributed by atoms with Crippen molar-refractivity contribution in [2.45, 2.75) is 30.2 Å². The summed E-state index contributed by atoms with van der Waals surface area (Å²) in [6.07, 6.45) is 4.12. The van der Waals surface area contributed by atoms with Crippen molar-refractivity contribution in [2.75, 3.05) is 26.2 Å². The Hall–Kier alpha value is -2.75. The molecule has 9 heteroatoms. The highest BCUT2D eigenvalue weighted by Gasteiger charge is 2.34. The van der Waals surface area contributed by atoms with E-state index in [1.807, 2.05) is 24.3 Å². The number of pyridine rings is 1. The molecule has 162 valence electrons. The maximum Gasteiger partial charge on any atom is 0.243 e. The molecule has 0 bridgehead atoms. The monoisotopic (exact) mass is 439 g/mol. The summed E-state index contributed by atoms with van der Waals surface area (Å²) in [6, 6.07) is 14.4. The number of nitrogens with zero attached hydrogens (tertiary/aromatic N) is 5. The number of aromatic nitrogens is 3. The molecule has 0 radical (unpaired) electrons. The Bertz CT molecular complexity index is 1160. The molecule has 2 aliphatic rings. The summed E-state index contributed by atoms with van der Waals surface area (Å²) < 4.78 is 28.8. The van der Waals surface area contributed by atoms with Crippen LogP contribution < -0.4 is 0 Å². The number of piperazine rings is 1. The lowest BCUT2D eigenvalue weighted by Crippen LogP contribution is -2.53. The topological polar surface area (TPSA) is 91.6 Å². The Morgan fingerprint density at radius 1 is 0.968 bits per heavy atom. The van der Waals surface area contributed by atoms with Crippen LogP contribution in [0.25, 0.3) is 5.82 Å². The Labute approximate surface area is 181 Å². The number of hydrogen-bond acceptors (Lipinski definition) is 6. The molecule has 0 amide bonds. The van der Waals surface area contributed by atoms with Crippen LogP contribution in [-0.4, -0.2) is 69.7 Å². The lowest BCUT2D eigenvalue weighted by Gasteiger charge is -2.40. The van der Waals surface area contributed by atoms with E-state index in [-0.39, 0.29) is 11.9 Å². The summed E-state index contributed by atoms with van der Waals surface area (Å²) in [6.45, 7) is 2.31. The number of benzene rings is 1. The van der Waals surface area contributed by atoms with Gasteiger partial charge in [0.15, 0.2) is 5.82 Å². The first-order chi connectivity index (χ1) is 15.0. The standard InChI is InChI=1S/C22H25N5O3S/c28-22-19-16-17(9-10-20(19)24-27(22)21-8-4-5-11-23-21)25-12-14-26(15-13-25)31(29,30)18-6-2-1-3-7-18/h1-8,11,17,28H,9-10,12-16H2. The second kappa shape index (κ2) is 8.07. The van der Waals surface area contributed by atoms with Crippen LogP contribution in [0.3, 0.4) is 0 Å². The van der Waals surface area contributed by atoms with Crippen LogP contribution in [0.15, 0.2) is 59.6 Å². The van der Waals surface area contributed by atoms with Gasteiger partial charge in [0, 0.05) is 44.0 Å². The first-order valence-electron chi connectivity index (χ1n) is 10.5. The molecule has 5 rings (SSSR count). The molecule has 0 spiro atoms. The van der Waals surface area contributed by atoms with Gasteiger partial charge in [-0.05, 0) is 43.5 Å². The zero-order chi connectivity index (χ0) is 21.4. The number of fused-ring (bicyclic) bond motifs is 1. The first kappa shape index (κ1) is 20.2. The van der Waals surface area contributed by atoms with Gasteiger partial charge in [-0.3, -0.25) is 4.90 Å². The summed E-state index contributed by atoms with van der Waals surface area (Å²) >= 11 is 0. The van der Waals surface area contributed by atoms with Crippen molar-refractivity contribution in [3.63, 3.8) is 0 Å². The Morgan fingerprint density at radius 3 is 2.42 bits per heavy atom. The third-order valence-electron chi connectivity index (χ3n) is 6.23. The fraction of sp³-hybridized carbons (Fsp3) is 0.364. The smallest absolute Gasteiger partial charge is 0.243 e. The highest BCUT2D eigenvalue weighted by atomic mass is 32.2. The van der Waals surface area contributed by atoms with Crippen LogP contribution in [-0.2, 0) is 22.9 Å². The molecule has 0 saturated carbocycles. The van der Waals surface area contributed by atoms with Crippen molar-refractivity contribution >= 4 is 10.0 Å². The van der Waals surface area contributed by atoms with Crippen LogP contribution in [0, 0.1) is 0 Å². The van der Waals surface area contributed by atoms with Crippen molar-refractivity contribution in [3.05, 3.63) is 66.0 Å². The van der Waals surface area contributed by atoms with E-state index in [1.54, 1.807) is 34.8 Å². The van der Waals surface area contributed by atoms with Gasteiger partial charge in [-0.2, -0.15) is 14.1 Å². The van der Waals surface area contributed by atoms with Gasteiger partial charge in [-0.25, -0.2) is 13.4 Å². The molecule has 1 N–H and O–H groups in total. The van der Waals surface area contributed by atoms with Gasteiger partial charge < -0.3 is 5.11 Å². The first-order valence-corrected chi connectivity index (χ1v) is 12.0. The number of aryl methyl sites for hydroxylation is 1. The van der Waals surface area contributed by atoms with Crippen molar-refractivity contribution in [1.29, 1.82) is 0 Å². The summed E-state index contributed by atoms with van der Waals surface area (Å²) in [7, 11) is -3.45. The Kier molecular flexibility index (Phi) is 5.25. The third kappa shape index (κ3) is 3.73. The van der Waals surface area contributed by atoms with Crippen LogP contribution in [0.4, 0.5) is 0 Å². The molecule has 3 aromatic rings. The van der Waals surface area contributed by atoms with E-state index in [0.717, 1.165) is 24.1 Å². The summed E-state index contributed by atoms with van der Waals surface area (Å²) in [4.78, 5) is 6.98. The molecule has 1 atom stereocenters. The van der Waals surface area contributed by atoms with Gasteiger partial charge in [0.25, 0.3) is 0 Å². The zero-order valence-corrected chi connectivity index (χ0v) is 17.9. The van der Waals surface area contributed by atoms with Crippen LogP contribution in [0.5, 0.6) is 5.88 Å². The molecule has 1 fully saturated rings. The molecule has 1 aliphatic carbocycles. The molecular formula is C22H25N5O3S. The minimum Gasteiger partial charge on any atom is -0.493 e. The molecule has 8 nitrogen and oxygen atoms in total. The second-order valence-corrected chi connectivity index (χ2v) is 9.94.